The topological polar surface area (TPSA) is 69.7 Å². The molecule has 0 saturated heterocycles. The van der Waals surface area contributed by atoms with Gasteiger partial charge >= 0.3 is 16.1 Å². The van der Waals surface area contributed by atoms with Gasteiger partial charge in [-0.25, -0.2) is 4.39 Å². The van der Waals surface area contributed by atoms with Crippen molar-refractivity contribution < 1.29 is 26.5 Å². The summed E-state index contributed by atoms with van der Waals surface area (Å²) in [4.78, 5) is 10.5. The fourth-order valence-electron chi connectivity index (χ4n) is 1.75. The third-order valence-corrected chi connectivity index (χ3v) is 4.39. The molecule has 0 atom stereocenters. The zero-order valence-corrected chi connectivity index (χ0v) is 13.5. The maximum absolute atomic E-state index is 13.7. The zero-order chi connectivity index (χ0) is 17.0. The van der Waals surface area contributed by atoms with Crippen molar-refractivity contribution in [2.45, 2.75) is 11.3 Å². The lowest BCUT2D eigenvalue weighted by Gasteiger charge is -2.08. The highest BCUT2D eigenvalue weighted by Crippen LogP contribution is 2.23. The van der Waals surface area contributed by atoms with Crippen LogP contribution in [0.25, 0.3) is 0 Å². The molecule has 122 valence electrons. The second-order valence-electron chi connectivity index (χ2n) is 4.51. The van der Waals surface area contributed by atoms with E-state index >= 15 is 0 Å². The van der Waals surface area contributed by atoms with Crippen molar-refractivity contribution in [3.05, 3.63) is 58.9 Å². The van der Waals surface area contributed by atoms with Gasteiger partial charge in [-0.05, 0) is 35.9 Å². The number of methoxy groups -OCH3 is 1. The number of carbonyl (C=O) groups is 1. The van der Waals surface area contributed by atoms with Crippen LogP contribution in [-0.2, 0) is 26.1 Å². The molecule has 0 amide bonds. The van der Waals surface area contributed by atoms with Crippen molar-refractivity contribution in [2.24, 2.45) is 0 Å². The Bertz CT molecular complexity index is 818. The van der Waals surface area contributed by atoms with E-state index < -0.39 is 26.8 Å². The largest absolute Gasteiger partial charge is 0.469 e. The van der Waals surface area contributed by atoms with Crippen molar-refractivity contribution in [3.8, 4) is 5.75 Å². The number of rotatable bonds is 5. The van der Waals surface area contributed by atoms with Gasteiger partial charge in [-0.3, -0.25) is 4.79 Å². The highest BCUT2D eigenvalue weighted by molar-refractivity contribution is 7.87. The lowest BCUT2D eigenvalue weighted by Crippen LogP contribution is -2.11. The molecule has 5 nitrogen and oxygen atoms in total. The van der Waals surface area contributed by atoms with Gasteiger partial charge in [0, 0.05) is 5.02 Å². The van der Waals surface area contributed by atoms with Crippen LogP contribution >= 0.6 is 11.6 Å². The van der Waals surface area contributed by atoms with Gasteiger partial charge in [-0.2, -0.15) is 8.42 Å². The molecule has 0 spiro atoms. The molecule has 0 heterocycles. The minimum atomic E-state index is -4.33. The molecule has 23 heavy (non-hydrogen) atoms. The van der Waals surface area contributed by atoms with Crippen LogP contribution in [0.5, 0.6) is 5.75 Å². The first-order valence-corrected chi connectivity index (χ1v) is 8.16. The Balaban J connectivity index is 2.19. The predicted molar refractivity (Wildman–Crippen MR) is 81.4 cm³/mol. The van der Waals surface area contributed by atoms with Gasteiger partial charge in [-0.15, -0.1) is 0 Å². The first-order chi connectivity index (χ1) is 10.8. The summed E-state index contributed by atoms with van der Waals surface area (Å²) >= 11 is 5.58. The smallest absolute Gasteiger partial charge is 0.342 e. The molecular weight excluding hydrogens is 347 g/mol. The van der Waals surface area contributed by atoms with Crippen LogP contribution in [-0.4, -0.2) is 21.5 Å². The number of hydrogen-bond donors (Lipinski definition) is 0. The minimum absolute atomic E-state index is 0.00651. The van der Waals surface area contributed by atoms with Crippen LogP contribution in [0.15, 0.2) is 47.4 Å². The number of ether oxygens (including phenoxy) is 1. The molecule has 0 aliphatic heterocycles. The molecule has 2 rings (SSSR count). The van der Waals surface area contributed by atoms with Gasteiger partial charge in [0.15, 0.2) is 0 Å². The Labute approximate surface area is 137 Å². The highest BCUT2D eigenvalue weighted by atomic mass is 35.5. The number of benzene rings is 2. The molecule has 0 bridgehead atoms. The number of esters is 1. The van der Waals surface area contributed by atoms with Crippen molar-refractivity contribution in [1.82, 2.24) is 0 Å². The first kappa shape index (κ1) is 17.2. The lowest BCUT2D eigenvalue weighted by atomic mass is 10.1. The fraction of sp³-hybridized carbons (Fsp3) is 0.133. The molecule has 0 aliphatic rings. The standard InChI is InChI=1S/C15H12ClFO5S/c1-21-15(18)8-10-2-5-12(6-3-10)22-23(19,20)14-7-4-11(16)9-13(14)17/h2-7,9H,8H2,1H3. The highest BCUT2D eigenvalue weighted by Gasteiger charge is 2.21. The summed E-state index contributed by atoms with van der Waals surface area (Å²) in [7, 11) is -3.06. The number of hydrogen-bond acceptors (Lipinski definition) is 5. The van der Waals surface area contributed by atoms with Crippen LogP contribution < -0.4 is 4.18 Å². The average Bonchev–Trinajstić information content (AvgIpc) is 2.48. The van der Waals surface area contributed by atoms with Gasteiger partial charge in [0.05, 0.1) is 13.5 Å². The van der Waals surface area contributed by atoms with Gasteiger partial charge < -0.3 is 8.92 Å². The van der Waals surface area contributed by atoms with E-state index in [9.17, 15) is 17.6 Å². The Kier molecular flexibility index (Phi) is 5.23. The maximum atomic E-state index is 13.7. The summed E-state index contributed by atoms with van der Waals surface area (Å²) in [6, 6.07) is 8.92. The Hall–Kier alpha value is -2.12. The molecule has 0 unspecified atom stereocenters. The van der Waals surface area contributed by atoms with Crippen LogP contribution in [0.2, 0.25) is 5.02 Å². The molecule has 0 aromatic heterocycles. The molecule has 8 heteroatoms. The van der Waals surface area contributed by atoms with Crippen LogP contribution in [0.4, 0.5) is 4.39 Å². The van der Waals surface area contributed by atoms with Crippen molar-refractivity contribution >= 4 is 27.7 Å². The van der Waals surface area contributed by atoms with E-state index in [0.29, 0.717) is 5.56 Å². The quantitative estimate of drug-likeness (QED) is 0.607. The third-order valence-electron chi connectivity index (χ3n) is 2.87. The average molecular weight is 359 g/mol. The lowest BCUT2D eigenvalue weighted by molar-refractivity contribution is -0.139. The number of halogens is 2. The summed E-state index contributed by atoms with van der Waals surface area (Å²) < 4.78 is 47.2. The third kappa shape index (κ3) is 4.43. The normalized spacial score (nSPS) is 11.1. The van der Waals surface area contributed by atoms with E-state index in [1.54, 1.807) is 0 Å². The number of carbonyl (C=O) groups excluding carboxylic acids is 1. The van der Waals surface area contributed by atoms with Crippen molar-refractivity contribution in [1.29, 1.82) is 0 Å². The summed E-state index contributed by atoms with van der Waals surface area (Å²) in [6.45, 7) is 0. The van der Waals surface area contributed by atoms with E-state index in [0.717, 1.165) is 12.1 Å². The summed E-state index contributed by atoms with van der Waals surface area (Å²) in [5, 5.41) is 0.0774. The van der Waals surface area contributed by atoms with E-state index in [4.69, 9.17) is 15.8 Å². The van der Waals surface area contributed by atoms with E-state index in [2.05, 4.69) is 4.74 Å². The maximum Gasteiger partial charge on any atom is 0.342 e. The molecule has 0 fully saturated rings. The van der Waals surface area contributed by atoms with Crippen molar-refractivity contribution in [3.63, 3.8) is 0 Å². The summed E-state index contributed by atoms with van der Waals surface area (Å²) in [5.74, 6) is -1.43. The van der Waals surface area contributed by atoms with Gasteiger partial charge in [0.25, 0.3) is 0 Å². The van der Waals surface area contributed by atoms with Crippen LogP contribution in [0, 0.1) is 5.82 Å². The molecule has 2 aromatic carbocycles. The Morgan fingerprint density at radius 3 is 2.39 bits per heavy atom. The van der Waals surface area contributed by atoms with E-state index in [1.165, 1.54) is 37.4 Å². The SMILES string of the molecule is COC(=O)Cc1ccc(OS(=O)(=O)c2ccc(Cl)cc2F)cc1. The van der Waals surface area contributed by atoms with E-state index in [-0.39, 0.29) is 17.2 Å². The predicted octanol–water partition coefficient (Wildman–Crippen LogP) is 2.96. The second-order valence-corrected chi connectivity index (χ2v) is 6.46. The van der Waals surface area contributed by atoms with E-state index in [1.807, 2.05) is 0 Å². The Morgan fingerprint density at radius 2 is 1.83 bits per heavy atom. The molecule has 0 N–H and O–H groups in total. The van der Waals surface area contributed by atoms with Gasteiger partial charge in [0.1, 0.15) is 16.5 Å². The monoisotopic (exact) mass is 358 g/mol. The summed E-state index contributed by atoms with van der Waals surface area (Å²) in [5.41, 5.74) is 0.624. The minimum Gasteiger partial charge on any atom is -0.469 e. The fourth-order valence-corrected chi connectivity index (χ4v) is 2.90. The molecule has 0 saturated carbocycles. The Morgan fingerprint density at radius 1 is 1.17 bits per heavy atom. The molecule has 0 aliphatic carbocycles. The molecule has 2 aromatic rings. The second kappa shape index (κ2) is 6.97. The molecular formula is C15H12ClFO5S. The summed E-state index contributed by atoms with van der Waals surface area (Å²) in [6.07, 6.45) is 0.0509. The van der Waals surface area contributed by atoms with Gasteiger partial charge in [-0.1, -0.05) is 23.7 Å². The van der Waals surface area contributed by atoms with Gasteiger partial charge in [0.2, 0.25) is 0 Å². The van der Waals surface area contributed by atoms with Crippen LogP contribution in [0.1, 0.15) is 5.56 Å². The molecule has 0 radical (unpaired) electrons. The zero-order valence-electron chi connectivity index (χ0n) is 12.0. The van der Waals surface area contributed by atoms with Crippen LogP contribution in [0.3, 0.4) is 0 Å². The van der Waals surface area contributed by atoms with Crippen molar-refractivity contribution in [2.75, 3.05) is 7.11 Å². The first-order valence-electron chi connectivity index (χ1n) is 6.37.